The van der Waals surface area contributed by atoms with E-state index in [1.54, 1.807) is 54.7 Å². The van der Waals surface area contributed by atoms with Crippen LogP contribution in [0.25, 0.3) is 0 Å². The number of likely N-dealkylation sites (N-methyl/N-ethyl adjacent to an activating group) is 1. The molecule has 2 heterocycles. The molecule has 2 aromatic heterocycles. The van der Waals surface area contributed by atoms with Gasteiger partial charge in [-0.1, -0.05) is 11.6 Å². The minimum absolute atomic E-state index is 0.169. The molecule has 0 aliphatic rings. The topological polar surface area (TPSA) is 75.2 Å². The van der Waals surface area contributed by atoms with Gasteiger partial charge in [-0.05, 0) is 60.5 Å². The number of rotatable bonds is 6. The van der Waals surface area contributed by atoms with Crippen LogP contribution in [-0.2, 0) is 6.42 Å². The van der Waals surface area contributed by atoms with Crippen molar-refractivity contribution in [3.63, 3.8) is 0 Å². The highest BCUT2D eigenvalue weighted by molar-refractivity contribution is 6.30. The fourth-order valence-electron chi connectivity index (χ4n) is 2.58. The van der Waals surface area contributed by atoms with Crippen molar-refractivity contribution in [1.82, 2.24) is 14.9 Å². The summed E-state index contributed by atoms with van der Waals surface area (Å²) in [7, 11) is 1.73. The molecule has 1 aromatic carbocycles. The minimum atomic E-state index is -0.392. The van der Waals surface area contributed by atoms with E-state index in [2.05, 4.69) is 15.3 Å². The van der Waals surface area contributed by atoms with Crippen LogP contribution in [0.15, 0.2) is 67.1 Å². The van der Waals surface area contributed by atoms with Gasteiger partial charge in [0.15, 0.2) is 0 Å². The second-order valence-corrected chi connectivity index (χ2v) is 6.66. The van der Waals surface area contributed by atoms with Gasteiger partial charge in [0.2, 0.25) is 0 Å². The molecule has 142 valence electrons. The van der Waals surface area contributed by atoms with Gasteiger partial charge >= 0.3 is 0 Å². The van der Waals surface area contributed by atoms with Crippen LogP contribution in [0.1, 0.15) is 26.4 Å². The highest BCUT2D eigenvalue weighted by Gasteiger charge is 2.15. The molecular weight excluding hydrogens is 376 g/mol. The Balaban J connectivity index is 1.65. The predicted molar refractivity (Wildman–Crippen MR) is 109 cm³/mol. The van der Waals surface area contributed by atoms with Crippen LogP contribution in [0.4, 0.5) is 5.69 Å². The second kappa shape index (κ2) is 9.10. The zero-order valence-corrected chi connectivity index (χ0v) is 16.1. The lowest BCUT2D eigenvalue weighted by Gasteiger charge is -2.17. The molecule has 2 amide bonds. The standard InChI is InChI=1S/C21H19ClN4O2/c1-26(13-9-15-6-10-23-11-7-15)21(28)16-8-12-24-19(14-16)20(27)25-18-4-2-17(22)3-5-18/h2-8,10-12,14H,9,13H2,1H3,(H,25,27). The Hall–Kier alpha value is -3.25. The average Bonchev–Trinajstić information content (AvgIpc) is 2.74. The van der Waals surface area contributed by atoms with Crippen molar-refractivity contribution in [2.75, 3.05) is 18.9 Å². The van der Waals surface area contributed by atoms with E-state index in [1.807, 2.05) is 12.1 Å². The first-order chi connectivity index (χ1) is 13.5. The summed E-state index contributed by atoms with van der Waals surface area (Å²) in [5.74, 6) is -0.562. The molecule has 7 heteroatoms. The first-order valence-electron chi connectivity index (χ1n) is 8.70. The van der Waals surface area contributed by atoms with Gasteiger partial charge in [-0.2, -0.15) is 0 Å². The monoisotopic (exact) mass is 394 g/mol. The molecule has 0 saturated heterocycles. The summed E-state index contributed by atoms with van der Waals surface area (Å²) in [5.41, 5.74) is 2.28. The largest absolute Gasteiger partial charge is 0.341 e. The van der Waals surface area contributed by atoms with Crippen LogP contribution in [0, 0.1) is 0 Å². The van der Waals surface area contributed by atoms with Crippen LogP contribution < -0.4 is 5.32 Å². The third-order valence-corrected chi connectivity index (χ3v) is 4.43. The molecule has 3 aromatic rings. The van der Waals surface area contributed by atoms with Gasteiger partial charge in [-0.15, -0.1) is 0 Å². The summed E-state index contributed by atoms with van der Waals surface area (Å²) in [6, 6.07) is 13.7. The van der Waals surface area contributed by atoms with E-state index >= 15 is 0 Å². The van der Waals surface area contributed by atoms with Crippen molar-refractivity contribution in [3.05, 3.63) is 89.0 Å². The molecule has 0 aliphatic carbocycles. The lowest BCUT2D eigenvalue weighted by atomic mass is 10.1. The Kier molecular flexibility index (Phi) is 6.34. The van der Waals surface area contributed by atoms with E-state index in [0.717, 1.165) is 12.0 Å². The first-order valence-corrected chi connectivity index (χ1v) is 9.08. The molecule has 0 fully saturated rings. The number of nitrogens with zero attached hydrogens (tertiary/aromatic N) is 3. The number of hydrogen-bond acceptors (Lipinski definition) is 4. The molecule has 0 bridgehead atoms. The third kappa shape index (κ3) is 5.14. The van der Waals surface area contributed by atoms with Crippen molar-refractivity contribution in [2.24, 2.45) is 0 Å². The Labute approximate surface area is 168 Å². The zero-order chi connectivity index (χ0) is 19.9. The number of aromatic nitrogens is 2. The number of halogens is 1. The van der Waals surface area contributed by atoms with Gasteiger partial charge < -0.3 is 10.2 Å². The Morgan fingerprint density at radius 3 is 2.46 bits per heavy atom. The predicted octanol–water partition coefficient (Wildman–Crippen LogP) is 3.70. The number of benzene rings is 1. The van der Waals surface area contributed by atoms with Crippen LogP contribution in [-0.4, -0.2) is 40.3 Å². The Morgan fingerprint density at radius 2 is 1.75 bits per heavy atom. The molecule has 0 radical (unpaired) electrons. The molecule has 0 aliphatic heterocycles. The number of nitrogens with one attached hydrogen (secondary N) is 1. The quantitative estimate of drug-likeness (QED) is 0.691. The molecule has 0 atom stereocenters. The minimum Gasteiger partial charge on any atom is -0.341 e. The smallest absolute Gasteiger partial charge is 0.274 e. The fraction of sp³-hybridized carbons (Fsp3) is 0.143. The number of anilines is 1. The summed E-state index contributed by atoms with van der Waals surface area (Å²) in [6.07, 6.45) is 5.64. The molecule has 3 rings (SSSR count). The summed E-state index contributed by atoms with van der Waals surface area (Å²) in [6.45, 7) is 0.553. The van der Waals surface area contributed by atoms with Crippen molar-refractivity contribution in [1.29, 1.82) is 0 Å². The van der Waals surface area contributed by atoms with Gasteiger partial charge in [-0.3, -0.25) is 19.6 Å². The Bertz CT molecular complexity index is 962. The number of pyridine rings is 2. The van der Waals surface area contributed by atoms with E-state index in [-0.39, 0.29) is 11.6 Å². The van der Waals surface area contributed by atoms with Gasteiger partial charge in [0, 0.05) is 48.5 Å². The van der Waals surface area contributed by atoms with Crippen molar-refractivity contribution in [3.8, 4) is 0 Å². The third-order valence-electron chi connectivity index (χ3n) is 4.17. The van der Waals surface area contributed by atoms with Gasteiger partial charge in [-0.25, -0.2) is 0 Å². The highest BCUT2D eigenvalue weighted by Crippen LogP contribution is 2.15. The summed E-state index contributed by atoms with van der Waals surface area (Å²) in [4.78, 5) is 34.8. The summed E-state index contributed by atoms with van der Waals surface area (Å²) >= 11 is 5.84. The number of amides is 2. The maximum atomic E-state index is 12.7. The number of hydrogen-bond donors (Lipinski definition) is 1. The van der Waals surface area contributed by atoms with Crippen LogP contribution >= 0.6 is 11.6 Å². The van der Waals surface area contributed by atoms with E-state index in [4.69, 9.17) is 11.6 Å². The molecule has 0 unspecified atom stereocenters. The van der Waals surface area contributed by atoms with E-state index in [0.29, 0.717) is 22.8 Å². The first kappa shape index (κ1) is 19.5. The van der Waals surface area contributed by atoms with Crippen molar-refractivity contribution in [2.45, 2.75) is 6.42 Å². The van der Waals surface area contributed by atoms with E-state index in [9.17, 15) is 9.59 Å². The Morgan fingerprint density at radius 1 is 1.04 bits per heavy atom. The fourth-order valence-corrected chi connectivity index (χ4v) is 2.71. The van der Waals surface area contributed by atoms with Crippen LogP contribution in [0.3, 0.4) is 0 Å². The molecule has 1 N–H and O–H groups in total. The SMILES string of the molecule is CN(CCc1ccncc1)C(=O)c1ccnc(C(=O)Nc2ccc(Cl)cc2)c1. The highest BCUT2D eigenvalue weighted by atomic mass is 35.5. The summed E-state index contributed by atoms with van der Waals surface area (Å²) in [5, 5.41) is 3.32. The van der Waals surface area contributed by atoms with Gasteiger partial charge in [0.05, 0.1) is 0 Å². The number of carbonyl (C=O) groups is 2. The van der Waals surface area contributed by atoms with Gasteiger partial charge in [0.1, 0.15) is 5.69 Å². The van der Waals surface area contributed by atoms with Crippen LogP contribution in [0.5, 0.6) is 0 Å². The maximum Gasteiger partial charge on any atom is 0.274 e. The van der Waals surface area contributed by atoms with E-state index < -0.39 is 5.91 Å². The van der Waals surface area contributed by atoms with Crippen molar-refractivity contribution < 1.29 is 9.59 Å². The van der Waals surface area contributed by atoms with Gasteiger partial charge in [0.25, 0.3) is 11.8 Å². The molecule has 0 saturated carbocycles. The molecule has 28 heavy (non-hydrogen) atoms. The van der Waals surface area contributed by atoms with Crippen LogP contribution in [0.2, 0.25) is 5.02 Å². The van der Waals surface area contributed by atoms with Crippen molar-refractivity contribution >= 4 is 29.1 Å². The molecule has 6 nitrogen and oxygen atoms in total. The normalized spacial score (nSPS) is 10.4. The zero-order valence-electron chi connectivity index (χ0n) is 15.3. The lowest BCUT2D eigenvalue weighted by Crippen LogP contribution is -2.29. The molecular formula is C21H19ClN4O2. The second-order valence-electron chi connectivity index (χ2n) is 6.22. The van der Waals surface area contributed by atoms with E-state index in [1.165, 1.54) is 12.3 Å². The average molecular weight is 395 g/mol. The molecule has 0 spiro atoms. The maximum absolute atomic E-state index is 12.7. The number of carbonyl (C=O) groups excluding carboxylic acids is 2. The summed E-state index contributed by atoms with van der Waals surface area (Å²) < 4.78 is 0. The lowest BCUT2D eigenvalue weighted by molar-refractivity contribution is 0.0796.